The largest absolute Gasteiger partial charge is 0.469 e. The molecular weight excluding hydrogens is 290 g/mol. The molecule has 1 atom stereocenters. The van der Waals surface area contributed by atoms with Gasteiger partial charge in [0, 0.05) is 36.2 Å². The molecule has 5 heteroatoms. The number of hydrogen-bond donors (Lipinski definition) is 1. The van der Waals surface area contributed by atoms with Gasteiger partial charge in [-0.05, 0) is 44.1 Å². The van der Waals surface area contributed by atoms with Crippen LogP contribution in [-0.2, 0) is 13.0 Å². The van der Waals surface area contributed by atoms with Gasteiger partial charge in [0.1, 0.15) is 17.1 Å². The van der Waals surface area contributed by atoms with Crippen molar-refractivity contribution < 1.29 is 9.15 Å². The highest BCUT2D eigenvalue weighted by Gasteiger charge is 2.52. The van der Waals surface area contributed by atoms with Crippen LogP contribution in [0.2, 0.25) is 0 Å². The quantitative estimate of drug-likeness (QED) is 0.921. The van der Waals surface area contributed by atoms with Crippen molar-refractivity contribution >= 4 is 0 Å². The van der Waals surface area contributed by atoms with Crippen molar-refractivity contribution in [3.8, 4) is 17.2 Å². The summed E-state index contributed by atoms with van der Waals surface area (Å²) in [5.41, 5.74) is 7.79. The Morgan fingerprint density at radius 3 is 2.87 bits per heavy atom. The zero-order valence-corrected chi connectivity index (χ0v) is 13.1. The van der Waals surface area contributed by atoms with Crippen molar-refractivity contribution in [1.29, 1.82) is 0 Å². The Balaban J connectivity index is 1.47. The number of rotatable bonds is 2. The minimum Gasteiger partial charge on any atom is -0.469 e. The highest BCUT2D eigenvalue weighted by atomic mass is 16.5. The van der Waals surface area contributed by atoms with E-state index in [0.717, 1.165) is 35.9 Å². The Hall–Kier alpha value is -1.85. The number of furan rings is 1. The zero-order valence-electron chi connectivity index (χ0n) is 13.1. The average molecular weight is 311 g/mol. The van der Waals surface area contributed by atoms with Crippen molar-refractivity contribution in [2.75, 3.05) is 19.6 Å². The van der Waals surface area contributed by atoms with Crippen LogP contribution in [0.15, 0.2) is 28.8 Å². The molecule has 6 heterocycles. The summed E-state index contributed by atoms with van der Waals surface area (Å²) in [6, 6.07) is 6.06. The molecular formula is C18H21N3O2. The molecule has 3 fully saturated rings. The molecule has 0 saturated carbocycles. The Morgan fingerprint density at radius 1 is 1.30 bits per heavy atom. The van der Waals surface area contributed by atoms with Crippen molar-refractivity contribution in [2.45, 2.75) is 31.4 Å². The second-order valence-corrected chi connectivity index (χ2v) is 7.05. The first kappa shape index (κ1) is 13.6. The van der Waals surface area contributed by atoms with Crippen molar-refractivity contribution in [2.24, 2.45) is 11.7 Å². The lowest BCUT2D eigenvalue weighted by molar-refractivity contribution is -0.0814. The van der Waals surface area contributed by atoms with Gasteiger partial charge in [-0.1, -0.05) is 0 Å². The Morgan fingerprint density at radius 2 is 2.17 bits per heavy atom. The molecule has 5 nitrogen and oxygen atoms in total. The molecule has 1 spiro atoms. The summed E-state index contributed by atoms with van der Waals surface area (Å²) in [6.07, 6.45) is 5.31. The van der Waals surface area contributed by atoms with E-state index >= 15 is 0 Å². The Bertz CT molecular complexity index is 748. The van der Waals surface area contributed by atoms with Crippen molar-refractivity contribution in [1.82, 2.24) is 9.88 Å². The van der Waals surface area contributed by atoms with Crippen LogP contribution in [0.4, 0.5) is 0 Å². The highest BCUT2D eigenvalue weighted by molar-refractivity contribution is 5.59. The lowest BCUT2D eigenvalue weighted by Gasteiger charge is -2.50. The summed E-state index contributed by atoms with van der Waals surface area (Å²) < 4.78 is 12.1. The number of hydrogen-bond acceptors (Lipinski definition) is 5. The SMILES string of the molecule is NCc1ccc(-c2cnc3c(c2)C[C@@]2(CN4CCC2CC4)O3)o1. The summed E-state index contributed by atoms with van der Waals surface area (Å²) in [7, 11) is 0. The van der Waals surface area contributed by atoms with Crippen LogP contribution >= 0.6 is 0 Å². The molecule has 2 N–H and O–H groups in total. The first-order valence-corrected chi connectivity index (χ1v) is 8.45. The van der Waals surface area contributed by atoms with Gasteiger partial charge < -0.3 is 14.9 Å². The number of pyridine rings is 1. The van der Waals surface area contributed by atoms with Crippen LogP contribution in [0.25, 0.3) is 11.3 Å². The van der Waals surface area contributed by atoms with E-state index in [2.05, 4.69) is 16.0 Å². The fraction of sp³-hybridized carbons (Fsp3) is 0.500. The molecule has 23 heavy (non-hydrogen) atoms. The van der Waals surface area contributed by atoms with Gasteiger partial charge in [-0.15, -0.1) is 0 Å². The lowest BCUT2D eigenvalue weighted by atomic mass is 9.73. The van der Waals surface area contributed by atoms with E-state index in [1.54, 1.807) is 0 Å². The second kappa shape index (κ2) is 4.82. The van der Waals surface area contributed by atoms with E-state index in [1.165, 1.54) is 31.5 Å². The fourth-order valence-corrected chi connectivity index (χ4v) is 4.49. The normalized spacial score (nSPS) is 31.3. The maximum Gasteiger partial charge on any atom is 0.217 e. The monoisotopic (exact) mass is 311 g/mol. The highest BCUT2D eigenvalue weighted by Crippen LogP contribution is 2.46. The fourth-order valence-electron chi connectivity index (χ4n) is 4.49. The molecule has 6 rings (SSSR count). The summed E-state index contributed by atoms with van der Waals surface area (Å²) in [4.78, 5) is 7.11. The molecule has 3 saturated heterocycles. The minimum atomic E-state index is -0.0456. The smallest absolute Gasteiger partial charge is 0.217 e. The van der Waals surface area contributed by atoms with Crippen LogP contribution in [0, 0.1) is 5.92 Å². The van der Waals surface area contributed by atoms with Gasteiger partial charge in [-0.2, -0.15) is 0 Å². The summed E-state index contributed by atoms with van der Waals surface area (Å²) in [5, 5.41) is 0. The third-order valence-corrected chi connectivity index (χ3v) is 5.69. The summed E-state index contributed by atoms with van der Waals surface area (Å²) in [5.74, 6) is 3.10. The number of piperidine rings is 3. The molecule has 0 aliphatic carbocycles. The predicted molar refractivity (Wildman–Crippen MR) is 86.1 cm³/mol. The minimum absolute atomic E-state index is 0.0456. The number of aromatic nitrogens is 1. The van der Waals surface area contributed by atoms with Crippen LogP contribution in [-0.4, -0.2) is 35.1 Å². The maximum atomic E-state index is 6.38. The molecule has 2 aromatic rings. The number of fused-ring (bicyclic) bond motifs is 3. The van der Waals surface area contributed by atoms with E-state index in [9.17, 15) is 0 Å². The molecule has 2 bridgehead atoms. The standard InChI is InChI=1S/C18H21N3O2/c19-9-15-1-2-16(22-15)13-7-12-8-18(23-17(12)20-10-13)11-21-5-3-14(18)4-6-21/h1-2,7,10,14H,3-6,8-9,11,19H2/t18-/m0/s1. The topological polar surface area (TPSA) is 64.5 Å². The van der Waals surface area contributed by atoms with Gasteiger partial charge in [0.25, 0.3) is 0 Å². The summed E-state index contributed by atoms with van der Waals surface area (Å²) >= 11 is 0. The van der Waals surface area contributed by atoms with E-state index in [1.807, 2.05) is 18.3 Å². The summed E-state index contributed by atoms with van der Waals surface area (Å²) in [6.45, 7) is 3.90. The van der Waals surface area contributed by atoms with E-state index in [4.69, 9.17) is 14.9 Å². The molecule has 4 aliphatic rings. The molecule has 0 amide bonds. The van der Waals surface area contributed by atoms with Crippen molar-refractivity contribution in [3.05, 3.63) is 35.7 Å². The number of nitrogens with two attached hydrogens (primary N) is 1. The number of ether oxygens (including phenoxy) is 1. The van der Waals surface area contributed by atoms with E-state index in [0.29, 0.717) is 12.5 Å². The van der Waals surface area contributed by atoms with Gasteiger partial charge in [-0.3, -0.25) is 4.90 Å². The van der Waals surface area contributed by atoms with Gasteiger partial charge in [0.15, 0.2) is 0 Å². The first-order chi connectivity index (χ1) is 11.3. The molecule has 0 radical (unpaired) electrons. The molecule has 2 aromatic heterocycles. The molecule has 0 unspecified atom stereocenters. The van der Waals surface area contributed by atoms with Gasteiger partial charge in [0.05, 0.1) is 6.54 Å². The van der Waals surface area contributed by atoms with Gasteiger partial charge in [0.2, 0.25) is 5.88 Å². The zero-order chi connectivity index (χ0) is 15.4. The van der Waals surface area contributed by atoms with Crippen LogP contribution in [0.1, 0.15) is 24.2 Å². The third-order valence-electron chi connectivity index (χ3n) is 5.69. The van der Waals surface area contributed by atoms with Gasteiger partial charge in [-0.25, -0.2) is 4.98 Å². The van der Waals surface area contributed by atoms with Crippen LogP contribution in [0.5, 0.6) is 5.88 Å². The molecule has 120 valence electrons. The lowest BCUT2D eigenvalue weighted by Crippen LogP contribution is -2.61. The van der Waals surface area contributed by atoms with Crippen LogP contribution in [0.3, 0.4) is 0 Å². The Kier molecular flexibility index (Phi) is 2.85. The second-order valence-electron chi connectivity index (χ2n) is 7.05. The molecule has 0 aromatic carbocycles. The maximum absolute atomic E-state index is 6.38. The predicted octanol–water partition coefficient (Wildman–Crippen LogP) is 2.20. The molecule has 4 aliphatic heterocycles. The average Bonchev–Trinajstić information content (AvgIpc) is 3.19. The van der Waals surface area contributed by atoms with Crippen LogP contribution < -0.4 is 10.5 Å². The van der Waals surface area contributed by atoms with Gasteiger partial charge >= 0.3 is 0 Å². The number of nitrogens with zero attached hydrogens (tertiary/aromatic N) is 2. The third kappa shape index (κ3) is 2.03. The first-order valence-electron chi connectivity index (χ1n) is 8.45. The Labute approximate surface area is 135 Å². The van der Waals surface area contributed by atoms with Crippen molar-refractivity contribution in [3.63, 3.8) is 0 Å². The van der Waals surface area contributed by atoms with E-state index in [-0.39, 0.29) is 5.60 Å². The van der Waals surface area contributed by atoms with E-state index < -0.39 is 0 Å².